The Morgan fingerprint density at radius 1 is 1.29 bits per heavy atom. The van der Waals surface area contributed by atoms with Gasteiger partial charge in [0.25, 0.3) is 0 Å². The van der Waals surface area contributed by atoms with Crippen molar-refractivity contribution in [3.05, 3.63) is 42.2 Å². The van der Waals surface area contributed by atoms with Gasteiger partial charge in [-0.2, -0.15) is 0 Å². The molecule has 1 saturated heterocycles. The number of nitrogens with one attached hydrogen (secondary N) is 1. The topological polar surface area (TPSA) is 24.9 Å². The van der Waals surface area contributed by atoms with E-state index in [0.717, 1.165) is 13.0 Å². The van der Waals surface area contributed by atoms with Gasteiger partial charge in [0.15, 0.2) is 0 Å². The summed E-state index contributed by atoms with van der Waals surface area (Å²) < 4.78 is 0. The molecule has 88 valence electrons. The molecule has 1 aliphatic rings. The van der Waals surface area contributed by atoms with Gasteiger partial charge in [-0.3, -0.25) is 4.98 Å². The Labute approximate surface area is 102 Å². The van der Waals surface area contributed by atoms with Crippen LogP contribution in [0.1, 0.15) is 25.3 Å². The number of hydrogen-bond acceptors (Lipinski definition) is 2. The predicted molar refractivity (Wildman–Crippen MR) is 71.1 cm³/mol. The van der Waals surface area contributed by atoms with Gasteiger partial charge < -0.3 is 5.32 Å². The first kappa shape index (κ1) is 10.7. The normalized spacial score (nSPS) is 24.3. The molecule has 2 heteroatoms. The second-order valence-corrected chi connectivity index (χ2v) is 5.29. The lowest BCUT2D eigenvalue weighted by atomic mass is 9.90. The van der Waals surface area contributed by atoms with Crippen LogP contribution in [0.25, 0.3) is 10.8 Å². The molecule has 2 heterocycles. The van der Waals surface area contributed by atoms with Gasteiger partial charge in [0.1, 0.15) is 0 Å². The Kier molecular flexibility index (Phi) is 2.60. The monoisotopic (exact) mass is 226 g/mol. The smallest absolute Gasteiger partial charge is 0.0346 e. The summed E-state index contributed by atoms with van der Waals surface area (Å²) in [4.78, 5) is 4.36. The lowest BCUT2D eigenvalue weighted by Crippen LogP contribution is -2.38. The second-order valence-electron chi connectivity index (χ2n) is 5.29. The zero-order valence-electron chi connectivity index (χ0n) is 10.2. The van der Waals surface area contributed by atoms with Crippen molar-refractivity contribution in [1.29, 1.82) is 0 Å². The minimum Gasteiger partial charge on any atom is -0.311 e. The maximum absolute atomic E-state index is 4.36. The third-order valence-corrected chi connectivity index (χ3v) is 3.79. The first-order valence-corrected chi connectivity index (χ1v) is 6.34. The molecular weight excluding hydrogens is 208 g/mol. The van der Waals surface area contributed by atoms with Crippen molar-refractivity contribution in [1.82, 2.24) is 10.3 Å². The SMILES string of the molecule is CC1(Cc2cncc3ccccc23)CCCN1. The van der Waals surface area contributed by atoms with Crippen LogP contribution in [0.4, 0.5) is 0 Å². The fraction of sp³-hybridized carbons (Fsp3) is 0.400. The van der Waals surface area contributed by atoms with Crippen LogP contribution in [-0.2, 0) is 6.42 Å². The standard InChI is InChI=1S/C15H18N2/c1-15(7-4-8-17-15)9-13-11-16-10-12-5-2-3-6-14(12)13/h2-3,5-6,10-11,17H,4,7-9H2,1H3. The van der Waals surface area contributed by atoms with E-state index in [9.17, 15) is 0 Å². The van der Waals surface area contributed by atoms with Crippen LogP contribution in [0.3, 0.4) is 0 Å². The number of nitrogens with zero attached hydrogens (tertiary/aromatic N) is 1. The van der Waals surface area contributed by atoms with Crippen LogP contribution in [0.5, 0.6) is 0 Å². The Morgan fingerprint density at radius 3 is 3.00 bits per heavy atom. The zero-order valence-corrected chi connectivity index (χ0v) is 10.2. The molecule has 1 aromatic carbocycles. The molecule has 3 rings (SSSR count). The molecule has 0 aliphatic carbocycles. The molecule has 0 bridgehead atoms. The third-order valence-electron chi connectivity index (χ3n) is 3.79. The summed E-state index contributed by atoms with van der Waals surface area (Å²) in [7, 11) is 0. The predicted octanol–water partition coefficient (Wildman–Crippen LogP) is 2.92. The number of hydrogen-bond donors (Lipinski definition) is 1. The summed E-state index contributed by atoms with van der Waals surface area (Å²) in [5, 5.41) is 6.21. The molecule has 2 nitrogen and oxygen atoms in total. The Hall–Kier alpha value is -1.41. The third kappa shape index (κ3) is 2.05. The molecule has 0 spiro atoms. The van der Waals surface area contributed by atoms with Gasteiger partial charge in [0.05, 0.1) is 0 Å². The molecule has 1 N–H and O–H groups in total. The van der Waals surface area contributed by atoms with Crippen molar-refractivity contribution in [3.63, 3.8) is 0 Å². The minimum atomic E-state index is 0.256. The summed E-state index contributed by atoms with van der Waals surface area (Å²) in [5.41, 5.74) is 1.62. The highest BCUT2D eigenvalue weighted by molar-refractivity contribution is 5.84. The molecule has 2 aromatic rings. The largest absolute Gasteiger partial charge is 0.311 e. The quantitative estimate of drug-likeness (QED) is 0.851. The highest BCUT2D eigenvalue weighted by Crippen LogP contribution is 2.26. The lowest BCUT2D eigenvalue weighted by Gasteiger charge is -2.24. The fourth-order valence-electron chi connectivity index (χ4n) is 2.85. The van der Waals surface area contributed by atoms with Crippen LogP contribution >= 0.6 is 0 Å². The van der Waals surface area contributed by atoms with Crippen LogP contribution in [0.15, 0.2) is 36.7 Å². The van der Waals surface area contributed by atoms with Gasteiger partial charge in [-0.25, -0.2) is 0 Å². The van der Waals surface area contributed by atoms with Crippen LogP contribution in [0, 0.1) is 0 Å². The van der Waals surface area contributed by atoms with E-state index in [0.29, 0.717) is 0 Å². The van der Waals surface area contributed by atoms with Gasteiger partial charge in [0.2, 0.25) is 0 Å². The zero-order chi connectivity index (χ0) is 11.7. The molecule has 1 atom stereocenters. The van der Waals surface area contributed by atoms with Gasteiger partial charge in [-0.1, -0.05) is 24.3 Å². The van der Waals surface area contributed by atoms with E-state index in [1.807, 2.05) is 12.4 Å². The molecule has 0 amide bonds. The number of rotatable bonds is 2. The van der Waals surface area contributed by atoms with Crippen LogP contribution in [0.2, 0.25) is 0 Å². The lowest BCUT2D eigenvalue weighted by molar-refractivity contribution is 0.413. The van der Waals surface area contributed by atoms with Gasteiger partial charge in [-0.15, -0.1) is 0 Å². The summed E-state index contributed by atoms with van der Waals surface area (Å²) in [5.74, 6) is 0. The fourth-order valence-corrected chi connectivity index (χ4v) is 2.85. The van der Waals surface area contributed by atoms with Crippen molar-refractivity contribution in [2.45, 2.75) is 31.7 Å². The number of aromatic nitrogens is 1. The first-order chi connectivity index (χ1) is 8.27. The average molecular weight is 226 g/mol. The maximum atomic E-state index is 4.36. The average Bonchev–Trinajstić information content (AvgIpc) is 2.76. The van der Waals surface area contributed by atoms with Crippen LogP contribution in [-0.4, -0.2) is 17.1 Å². The molecule has 1 fully saturated rings. The summed E-state index contributed by atoms with van der Waals surface area (Å²) in [6, 6.07) is 8.51. The van der Waals surface area contributed by atoms with Crippen LogP contribution < -0.4 is 5.32 Å². The molecular formula is C15H18N2. The van der Waals surface area contributed by atoms with Crippen molar-refractivity contribution < 1.29 is 0 Å². The summed E-state index contributed by atoms with van der Waals surface area (Å²) >= 11 is 0. The van der Waals surface area contributed by atoms with Crippen molar-refractivity contribution in [3.8, 4) is 0 Å². The molecule has 0 radical (unpaired) electrons. The molecule has 1 aromatic heterocycles. The first-order valence-electron chi connectivity index (χ1n) is 6.34. The number of pyridine rings is 1. The Balaban J connectivity index is 2.00. The molecule has 17 heavy (non-hydrogen) atoms. The summed E-state index contributed by atoms with van der Waals surface area (Å²) in [6.45, 7) is 3.47. The van der Waals surface area contributed by atoms with Gasteiger partial charge >= 0.3 is 0 Å². The molecule has 0 saturated carbocycles. The number of benzene rings is 1. The Bertz CT molecular complexity index is 522. The second kappa shape index (κ2) is 4.11. The maximum Gasteiger partial charge on any atom is 0.0346 e. The highest BCUT2D eigenvalue weighted by atomic mass is 15.0. The van der Waals surface area contributed by atoms with Crippen molar-refractivity contribution in [2.24, 2.45) is 0 Å². The van der Waals surface area contributed by atoms with E-state index < -0.39 is 0 Å². The Morgan fingerprint density at radius 2 is 2.18 bits per heavy atom. The van der Waals surface area contributed by atoms with E-state index in [1.165, 1.54) is 29.2 Å². The number of fused-ring (bicyclic) bond motifs is 1. The molecule has 1 aliphatic heterocycles. The van der Waals surface area contributed by atoms with Crippen molar-refractivity contribution >= 4 is 10.8 Å². The summed E-state index contributed by atoms with van der Waals surface area (Å²) in [6.07, 6.45) is 7.59. The van der Waals surface area contributed by atoms with E-state index in [2.05, 4.69) is 41.5 Å². The van der Waals surface area contributed by atoms with E-state index in [1.54, 1.807) is 0 Å². The van der Waals surface area contributed by atoms with E-state index in [4.69, 9.17) is 0 Å². The van der Waals surface area contributed by atoms with E-state index in [-0.39, 0.29) is 5.54 Å². The van der Waals surface area contributed by atoms with E-state index >= 15 is 0 Å². The van der Waals surface area contributed by atoms with Crippen molar-refractivity contribution in [2.75, 3.05) is 6.54 Å². The minimum absolute atomic E-state index is 0.256. The molecule has 1 unspecified atom stereocenters. The highest BCUT2D eigenvalue weighted by Gasteiger charge is 2.28. The van der Waals surface area contributed by atoms with Gasteiger partial charge in [-0.05, 0) is 43.7 Å². The van der Waals surface area contributed by atoms with Gasteiger partial charge in [0, 0.05) is 23.3 Å².